The number of nitrogens with zero attached hydrogens (tertiary/aromatic N) is 2. The Bertz CT molecular complexity index is 1000. The minimum Gasteiger partial charge on any atom is -0.375 e. The number of halogens is 1. The van der Waals surface area contributed by atoms with Gasteiger partial charge < -0.3 is 25.3 Å². The average molecular weight is 544 g/mol. The monoisotopic (exact) mass is 543 g/mol. The lowest BCUT2D eigenvalue weighted by atomic mass is 9.72. The second-order valence-electron chi connectivity index (χ2n) is 10.7. The van der Waals surface area contributed by atoms with Crippen molar-refractivity contribution in [1.82, 2.24) is 25.5 Å². The molecule has 1 aliphatic heterocycles. The number of benzene rings is 1. The number of urea groups is 1. The molecular weight excluding hydrogens is 502 g/mol. The number of amides is 3. The van der Waals surface area contributed by atoms with Crippen LogP contribution in [0.2, 0.25) is 5.02 Å². The van der Waals surface area contributed by atoms with Crippen molar-refractivity contribution in [3.05, 3.63) is 53.1 Å². The predicted octanol–water partition coefficient (Wildman–Crippen LogP) is 4.88. The van der Waals surface area contributed by atoms with Crippen molar-refractivity contribution in [3.8, 4) is 0 Å². The van der Waals surface area contributed by atoms with Gasteiger partial charge in [0.15, 0.2) is 0 Å². The van der Waals surface area contributed by atoms with Gasteiger partial charge in [0.25, 0.3) is 0 Å². The number of nitrogens with one attached hydrogen (secondary N) is 3. The SMILES string of the molecule is CCCOC1(C2CCCCC2)CCN(C(=O)C(Cc2ccc(Cl)cc2)NC(=O)NCCc2c[nH]cn2)CC1. The highest BCUT2D eigenvalue weighted by atomic mass is 35.5. The van der Waals surface area contributed by atoms with Crippen LogP contribution in [0.4, 0.5) is 4.79 Å². The van der Waals surface area contributed by atoms with E-state index in [9.17, 15) is 9.59 Å². The number of aromatic nitrogens is 2. The lowest BCUT2D eigenvalue weighted by Crippen LogP contribution is -2.57. The van der Waals surface area contributed by atoms with E-state index in [0.29, 0.717) is 43.4 Å². The van der Waals surface area contributed by atoms with E-state index in [4.69, 9.17) is 16.3 Å². The zero-order valence-corrected chi connectivity index (χ0v) is 23.3. The number of carbonyl (C=O) groups excluding carboxylic acids is 2. The normalized spacial score (nSPS) is 18.6. The number of H-pyrrole nitrogens is 1. The maximum absolute atomic E-state index is 13.8. The second-order valence-corrected chi connectivity index (χ2v) is 11.1. The van der Waals surface area contributed by atoms with E-state index in [1.165, 1.54) is 32.1 Å². The fourth-order valence-corrected chi connectivity index (χ4v) is 6.05. The number of likely N-dealkylation sites (tertiary alicyclic amines) is 1. The van der Waals surface area contributed by atoms with Gasteiger partial charge in [-0.3, -0.25) is 4.79 Å². The highest BCUT2D eigenvalue weighted by Gasteiger charge is 2.44. The summed E-state index contributed by atoms with van der Waals surface area (Å²) < 4.78 is 6.56. The number of rotatable bonds is 11. The molecule has 38 heavy (non-hydrogen) atoms. The molecule has 1 unspecified atom stereocenters. The highest BCUT2D eigenvalue weighted by Crippen LogP contribution is 2.42. The molecule has 9 heteroatoms. The minimum absolute atomic E-state index is 0.0462. The third kappa shape index (κ3) is 7.73. The Morgan fingerprint density at radius 3 is 2.58 bits per heavy atom. The molecule has 1 atom stereocenters. The summed E-state index contributed by atoms with van der Waals surface area (Å²) in [7, 11) is 0. The van der Waals surface area contributed by atoms with Crippen molar-refractivity contribution in [3.63, 3.8) is 0 Å². The Hall–Kier alpha value is -2.58. The standard InChI is InChI=1S/C29H42ClN5O3/c1-2-18-38-29(23-6-4-3-5-7-23)13-16-35(17-14-29)27(36)26(19-22-8-10-24(30)11-9-22)34-28(37)32-15-12-25-20-31-21-33-25/h8-11,20-21,23,26H,2-7,12-19H2,1H3,(H,31,33)(H2,32,34,37). The van der Waals surface area contributed by atoms with Gasteiger partial charge >= 0.3 is 6.03 Å². The Balaban J connectivity index is 1.39. The van der Waals surface area contributed by atoms with E-state index in [2.05, 4.69) is 27.5 Å². The summed E-state index contributed by atoms with van der Waals surface area (Å²) in [4.78, 5) is 35.6. The number of ether oxygens (including phenoxy) is 1. The Morgan fingerprint density at radius 1 is 1.18 bits per heavy atom. The maximum atomic E-state index is 13.8. The Morgan fingerprint density at radius 2 is 1.92 bits per heavy atom. The van der Waals surface area contributed by atoms with Gasteiger partial charge in [-0.05, 0) is 55.7 Å². The first-order valence-electron chi connectivity index (χ1n) is 14.2. The molecule has 0 radical (unpaired) electrons. The van der Waals surface area contributed by atoms with E-state index < -0.39 is 6.04 Å². The molecule has 2 fully saturated rings. The smallest absolute Gasteiger partial charge is 0.315 e. The zero-order valence-electron chi connectivity index (χ0n) is 22.5. The molecule has 3 N–H and O–H groups in total. The molecule has 4 rings (SSSR count). The van der Waals surface area contributed by atoms with Crippen LogP contribution in [0.15, 0.2) is 36.8 Å². The Labute approximate surface area is 231 Å². The van der Waals surface area contributed by atoms with E-state index in [-0.39, 0.29) is 17.5 Å². The van der Waals surface area contributed by atoms with Crippen molar-refractivity contribution in [2.24, 2.45) is 5.92 Å². The topological polar surface area (TPSA) is 99.4 Å². The summed E-state index contributed by atoms with van der Waals surface area (Å²) in [6.45, 7) is 4.65. The first-order chi connectivity index (χ1) is 18.5. The molecule has 8 nitrogen and oxygen atoms in total. The van der Waals surface area contributed by atoms with Crippen molar-refractivity contribution in [2.75, 3.05) is 26.2 Å². The summed E-state index contributed by atoms with van der Waals surface area (Å²) >= 11 is 6.07. The third-order valence-corrected chi connectivity index (χ3v) is 8.29. The van der Waals surface area contributed by atoms with Crippen LogP contribution < -0.4 is 10.6 Å². The van der Waals surface area contributed by atoms with Crippen molar-refractivity contribution < 1.29 is 14.3 Å². The molecule has 3 amide bonds. The van der Waals surface area contributed by atoms with Crippen molar-refractivity contribution in [2.45, 2.75) is 82.8 Å². The van der Waals surface area contributed by atoms with Gasteiger partial charge in [0.2, 0.25) is 5.91 Å². The van der Waals surface area contributed by atoms with Crippen LogP contribution in [0.3, 0.4) is 0 Å². The number of piperidine rings is 1. The van der Waals surface area contributed by atoms with Crippen molar-refractivity contribution in [1.29, 1.82) is 0 Å². The summed E-state index contributed by atoms with van der Waals surface area (Å²) in [5.41, 5.74) is 1.69. The first-order valence-corrected chi connectivity index (χ1v) is 14.6. The van der Waals surface area contributed by atoms with Crippen LogP contribution in [-0.2, 0) is 22.4 Å². The molecule has 1 saturated carbocycles. The van der Waals surface area contributed by atoms with Crippen LogP contribution in [0, 0.1) is 5.92 Å². The van der Waals surface area contributed by atoms with Crippen LogP contribution in [0.5, 0.6) is 0 Å². The van der Waals surface area contributed by atoms with E-state index >= 15 is 0 Å². The second kappa shape index (κ2) is 14.0. The van der Waals surface area contributed by atoms with Gasteiger partial charge in [0.1, 0.15) is 6.04 Å². The number of hydrogen-bond acceptors (Lipinski definition) is 4. The van der Waals surface area contributed by atoms with Gasteiger partial charge in [0.05, 0.1) is 17.6 Å². The molecule has 0 spiro atoms. The van der Waals surface area contributed by atoms with E-state index in [0.717, 1.165) is 37.1 Å². The van der Waals surface area contributed by atoms with Crippen LogP contribution in [0.1, 0.15) is 69.5 Å². The predicted molar refractivity (Wildman–Crippen MR) is 149 cm³/mol. The lowest BCUT2D eigenvalue weighted by Gasteiger charge is -2.48. The van der Waals surface area contributed by atoms with Gasteiger partial charge in [-0.25, -0.2) is 9.78 Å². The van der Waals surface area contributed by atoms with Crippen LogP contribution in [0.25, 0.3) is 0 Å². The number of hydrogen-bond donors (Lipinski definition) is 3. The maximum Gasteiger partial charge on any atom is 0.315 e. The molecule has 1 saturated heterocycles. The summed E-state index contributed by atoms with van der Waals surface area (Å²) in [5.74, 6) is 0.526. The van der Waals surface area contributed by atoms with Crippen molar-refractivity contribution >= 4 is 23.5 Å². The summed E-state index contributed by atoms with van der Waals surface area (Å²) in [5, 5.41) is 6.45. The molecule has 1 aromatic heterocycles. The molecule has 2 aromatic rings. The fourth-order valence-electron chi connectivity index (χ4n) is 5.93. The number of carbonyl (C=O) groups is 2. The molecule has 1 aromatic carbocycles. The van der Waals surface area contributed by atoms with Gasteiger partial charge in [0, 0.05) is 50.3 Å². The van der Waals surface area contributed by atoms with Gasteiger partial charge in [-0.2, -0.15) is 0 Å². The summed E-state index contributed by atoms with van der Waals surface area (Å²) in [6, 6.07) is 6.42. The van der Waals surface area contributed by atoms with Crippen LogP contribution >= 0.6 is 11.6 Å². The average Bonchev–Trinajstić information content (AvgIpc) is 3.47. The quantitative estimate of drug-likeness (QED) is 0.376. The molecular formula is C29H42ClN5O3. The number of aromatic amines is 1. The zero-order chi connectivity index (χ0) is 26.8. The number of imidazole rings is 1. The third-order valence-electron chi connectivity index (χ3n) is 8.04. The molecule has 2 heterocycles. The summed E-state index contributed by atoms with van der Waals surface area (Å²) in [6.07, 6.45) is 13.4. The van der Waals surface area contributed by atoms with Crippen LogP contribution in [-0.4, -0.2) is 64.7 Å². The highest BCUT2D eigenvalue weighted by molar-refractivity contribution is 6.30. The van der Waals surface area contributed by atoms with E-state index in [1.807, 2.05) is 29.2 Å². The van der Waals surface area contributed by atoms with Gasteiger partial charge in [-0.1, -0.05) is 49.9 Å². The molecule has 208 valence electrons. The largest absolute Gasteiger partial charge is 0.375 e. The first kappa shape index (κ1) is 28.4. The molecule has 0 bridgehead atoms. The molecule has 2 aliphatic rings. The van der Waals surface area contributed by atoms with Gasteiger partial charge in [-0.15, -0.1) is 0 Å². The fraction of sp³-hybridized carbons (Fsp3) is 0.621. The van der Waals surface area contributed by atoms with E-state index in [1.54, 1.807) is 12.5 Å². The minimum atomic E-state index is -0.666. The molecule has 1 aliphatic carbocycles. The Kier molecular flexibility index (Phi) is 10.5. The lowest BCUT2D eigenvalue weighted by molar-refractivity contribution is -0.149.